The van der Waals surface area contributed by atoms with Gasteiger partial charge in [-0.2, -0.15) is 0 Å². The monoisotopic (exact) mass is 258 g/mol. The Morgan fingerprint density at radius 2 is 2.32 bits per heavy atom. The number of para-hydroxylation sites is 1. The number of carbonyl (C=O) groups is 1. The van der Waals surface area contributed by atoms with E-state index in [9.17, 15) is 4.79 Å². The molecule has 100 valence electrons. The molecule has 1 atom stereocenters. The van der Waals surface area contributed by atoms with Crippen LogP contribution in [0.5, 0.6) is 0 Å². The van der Waals surface area contributed by atoms with Crippen LogP contribution in [0.3, 0.4) is 0 Å². The van der Waals surface area contributed by atoms with Crippen LogP contribution >= 0.6 is 0 Å². The first-order chi connectivity index (χ1) is 9.33. The van der Waals surface area contributed by atoms with Gasteiger partial charge in [0.05, 0.1) is 5.69 Å². The molecule has 4 nitrogen and oxygen atoms in total. The minimum atomic E-state index is 0.0697. The zero-order valence-corrected chi connectivity index (χ0v) is 10.8. The van der Waals surface area contributed by atoms with Crippen LogP contribution in [0.1, 0.15) is 19.3 Å². The number of fused-ring (bicyclic) bond motifs is 1. The Hall–Kier alpha value is -1.81. The maximum absolute atomic E-state index is 12.0. The Bertz CT molecular complexity index is 570. The number of nitrogens with one attached hydrogen (secondary N) is 2. The van der Waals surface area contributed by atoms with Crippen molar-refractivity contribution in [3.8, 4) is 0 Å². The van der Waals surface area contributed by atoms with Crippen LogP contribution in [-0.2, 0) is 4.79 Å². The summed E-state index contributed by atoms with van der Waals surface area (Å²) in [7, 11) is 0. The molecule has 0 spiro atoms. The van der Waals surface area contributed by atoms with Gasteiger partial charge in [-0.1, -0.05) is 12.1 Å². The van der Waals surface area contributed by atoms with Crippen molar-refractivity contribution < 1.29 is 9.21 Å². The number of amides is 1. The van der Waals surface area contributed by atoms with Crippen molar-refractivity contribution in [3.63, 3.8) is 0 Å². The molecular weight excluding hydrogens is 240 g/mol. The summed E-state index contributed by atoms with van der Waals surface area (Å²) in [6, 6.07) is 7.72. The first-order valence-electron chi connectivity index (χ1n) is 6.80. The van der Waals surface area contributed by atoms with Crippen LogP contribution in [0.4, 0.5) is 5.69 Å². The lowest BCUT2D eigenvalue weighted by molar-refractivity contribution is -0.117. The molecule has 19 heavy (non-hydrogen) atoms. The van der Waals surface area contributed by atoms with Gasteiger partial charge in [0, 0.05) is 11.8 Å². The molecule has 0 aliphatic carbocycles. The fourth-order valence-corrected chi connectivity index (χ4v) is 2.64. The summed E-state index contributed by atoms with van der Waals surface area (Å²) < 4.78 is 5.41. The fraction of sp³-hybridized carbons (Fsp3) is 0.400. The highest BCUT2D eigenvalue weighted by atomic mass is 16.3. The normalized spacial score (nSPS) is 19.5. The van der Waals surface area contributed by atoms with Gasteiger partial charge in [-0.15, -0.1) is 0 Å². The van der Waals surface area contributed by atoms with Gasteiger partial charge < -0.3 is 15.1 Å². The van der Waals surface area contributed by atoms with Gasteiger partial charge in [0.15, 0.2) is 0 Å². The minimum absolute atomic E-state index is 0.0697. The Kier molecular flexibility index (Phi) is 3.51. The maximum atomic E-state index is 12.0. The summed E-state index contributed by atoms with van der Waals surface area (Å²) in [5, 5.41) is 7.24. The van der Waals surface area contributed by atoms with E-state index in [1.807, 2.05) is 24.3 Å². The first-order valence-corrected chi connectivity index (χ1v) is 6.80. The molecule has 0 radical (unpaired) electrons. The van der Waals surface area contributed by atoms with Crippen LogP contribution < -0.4 is 10.6 Å². The number of rotatable bonds is 3. The van der Waals surface area contributed by atoms with Gasteiger partial charge in [0.1, 0.15) is 11.8 Å². The third-order valence-electron chi connectivity index (χ3n) is 3.63. The van der Waals surface area contributed by atoms with Crippen molar-refractivity contribution in [3.05, 3.63) is 30.5 Å². The summed E-state index contributed by atoms with van der Waals surface area (Å²) in [5.41, 5.74) is 1.57. The average molecular weight is 258 g/mol. The Balaban J connectivity index is 1.65. The molecule has 3 rings (SSSR count). The molecule has 2 heterocycles. The van der Waals surface area contributed by atoms with Crippen molar-refractivity contribution in [2.75, 3.05) is 18.4 Å². The molecule has 4 heteroatoms. The minimum Gasteiger partial charge on any atom is -0.462 e. The highest BCUT2D eigenvalue weighted by Crippen LogP contribution is 2.26. The summed E-state index contributed by atoms with van der Waals surface area (Å²) in [4.78, 5) is 12.0. The van der Waals surface area contributed by atoms with Crippen LogP contribution in [-0.4, -0.2) is 19.0 Å². The number of piperidine rings is 1. The van der Waals surface area contributed by atoms with Crippen molar-refractivity contribution in [2.45, 2.75) is 19.3 Å². The summed E-state index contributed by atoms with van der Waals surface area (Å²) >= 11 is 0. The van der Waals surface area contributed by atoms with Gasteiger partial charge in [-0.25, -0.2) is 0 Å². The number of carbonyl (C=O) groups excluding carboxylic acids is 1. The summed E-state index contributed by atoms with van der Waals surface area (Å²) in [6.45, 7) is 2.02. The number of anilines is 1. The van der Waals surface area contributed by atoms with E-state index in [1.165, 1.54) is 0 Å². The number of hydrogen-bond donors (Lipinski definition) is 2. The van der Waals surface area contributed by atoms with E-state index in [4.69, 9.17) is 4.42 Å². The molecule has 1 fully saturated rings. The Labute approximate surface area is 112 Å². The quantitative estimate of drug-likeness (QED) is 0.890. The van der Waals surface area contributed by atoms with Crippen molar-refractivity contribution >= 4 is 22.6 Å². The number of hydrogen-bond acceptors (Lipinski definition) is 3. The highest BCUT2D eigenvalue weighted by Gasteiger charge is 2.17. The fourth-order valence-electron chi connectivity index (χ4n) is 2.64. The van der Waals surface area contributed by atoms with E-state index in [2.05, 4.69) is 10.6 Å². The molecule has 0 bridgehead atoms. The van der Waals surface area contributed by atoms with Crippen molar-refractivity contribution in [1.29, 1.82) is 0 Å². The molecule has 1 aliphatic rings. The molecular formula is C15H18N2O2. The standard InChI is InChI=1S/C15H18N2O2/c18-15(8-11-4-3-7-16-9-11)17-13-10-19-14-6-2-1-5-12(13)14/h1-2,5-6,10-11,16H,3-4,7-9H2,(H,17,18). The van der Waals surface area contributed by atoms with Gasteiger partial charge >= 0.3 is 0 Å². The number of benzene rings is 1. The second-order valence-electron chi connectivity index (χ2n) is 5.11. The van der Waals surface area contributed by atoms with Crippen LogP contribution in [0.15, 0.2) is 34.9 Å². The average Bonchev–Trinajstić information content (AvgIpc) is 2.83. The molecule has 1 aromatic heterocycles. The molecule has 1 unspecified atom stereocenters. The predicted molar refractivity (Wildman–Crippen MR) is 75.1 cm³/mol. The highest BCUT2D eigenvalue weighted by molar-refractivity contribution is 6.00. The topological polar surface area (TPSA) is 54.3 Å². The first kappa shape index (κ1) is 12.2. The number of furan rings is 1. The van der Waals surface area contributed by atoms with Crippen LogP contribution in [0.25, 0.3) is 11.0 Å². The van der Waals surface area contributed by atoms with Crippen molar-refractivity contribution in [2.24, 2.45) is 5.92 Å². The third kappa shape index (κ3) is 2.79. The smallest absolute Gasteiger partial charge is 0.224 e. The third-order valence-corrected chi connectivity index (χ3v) is 3.63. The zero-order valence-electron chi connectivity index (χ0n) is 10.8. The SMILES string of the molecule is O=C(CC1CCCNC1)Nc1coc2ccccc12. The van der Waals surface area contributed by atoms with Gasteiger partial charge in [0.25, 0.3) is 0 Å². The molecule has 0 saturated carbocycles. The van der Waals surface area contributed by atoms with E-state index >= 15 is 0 Å². The maximum Gasteiger partial charge on any atom is 0.224 e. The molecule has 2 N–H and O–H groups in total. The largest absolute Gasteiger partial charge is 0.462 e. The summed E-state index contributed by atoms with van der Waals surface area (Å²) in [6.07, 6.45) is 4.48. The lowest BCUT2D eigenvalue weighted by Gasteiger charge is -2.21. The lowest BCUT2D eigenvalue weighted by atomic mass is 9.96. The molecule has 2 aromatic rings. The van der Waals surface area contributed by atoms with E-state index < -0.39 is 0 Å². The van der Waals surface area contributed by atoms with E-state index in [0.29, 0.717) is 12.3 Å². The van der Waals surface area contributed by atoms with Gasteiger partial charge in [-0.3, -0.25) is 4.79 Å². The van der Waals surface area contributed by atoms with Crippen molar-refractivity contribution in [1.82, 2.24) is 5.32 Å². The van der Waals surface area contributed by atoms with E-state index in [0.717, 1.165) is 42.6 Å². The zero-order chi connectivity index (χ0) is 13.1. The molecule has 1 amide bonds. The lowest BCUT2D eigenvalue weighted by Crippen LogP contribution is -2.32. The summed E-state index contributed by atoms with van der Waals surface area (Å²) in [5.74, 6) is 0.521. The molecule has 1 aromatic carbocycles. The van der Waals surface area contributed by atoms with Crippen LogP contribution in [0.2, 0.25) is 0 Å². The molecule has 1 aliphatic heterocycles. The van der Waals surface area contributed by atoms with Gasteiger partial charge in [0.2, 0.25) is 5.91 Å². The van der Waals surface area contributed by atoms with Gasteiger partial charge in [-0.05, 0) is 44.0 Å². The van der Waals surface area contributed by atoms with E-state index in [-0.39, 0.29) is 5.91 Å². The van der Waals surface area contributed by atoms with Crippen LogP contribution in [0, 0.1) is 5.92 Å². The Morgan fingerprint density at radius 3 is 3.16 bits per heavy atom. The second-order valence-corrected chi connectivity index (χ2v) is 5.11. The predicted octanol–water partition coefficient (Wildman–Crippen LogP) is 2.76. The second kappa shape index (κ2) is 5.45. The van der Waals surface area contributed by atoms with E-state index in [1.54, 1.807) is 6.26 Å². The molecule has 1 saturated heterocycles. The Morgan fingerprint density at radius 1 is 1.42 bits per heavy atom.